The molecule has 0 saturated carbocycles. The fourth-order valence-corrected chi connectivity index (χ4v) is 2.31. The summed E-state index contributed by atoms with van der Waals surface area (Å²) in [5.74, 6) is 0.840. The standard InChI is InChI=1S/C15H18N6/c16-7-4-9-20(11-13-5-2-1-3-6-13)14-15-19-18-12-21(15)10-8-17-14/h1-3,5-6,8,10,12H,4,7,9,11,16H2. The van der Waals surface area contributed by atoms with E-state index in [0.29, 0.717) is 6.54 Å². The van der Waals surface area contributed by atoms with Crippen LogP contribution in [0.25, 0.3) is 5.65 Å². The lowest BCUT2D eigenvalue weighted by molar-refractivity contribution is 0.725. The molecule has 0 bridgehead atoms. The average molecular weight is 282 g/mol. The van der Waals surface area contributed by atoms with Crippen LogP contribution in [0.2, 0.25) is 0 Å². The van der Waals surface area contributed by atoms with Gasteiger partial charge in [0.05, 0.1) is 0 Å². The second-order valence-electron chi connectivity index (χ2n) is 4.86. The van der Waals surface area contributed by atoms with Gasteiger partial charge in [0.25, 0.3) is 0 Å². The number of aromatic nitrogens is 4. The normalized spacial score (nSPS) is 10.9. The Balaban J connectivity index is 1.93. The van der Waals surface area contributed by atoms with Crippen LogP contribution in [0, 0.1) is 0 Å². The minimum atomic E-state index is 0.654. The van der Waals surface area contributed by atoms with Gasteiger partial charge in [-0.15, -0.1) is 10.2 Å². The van der Waals surface area contributed by atoms with Crippen LogP contribution in [0.1, 0.15) is 12.0 Å². The lowest BCUT2D eigenvalue weighted by atomic mass is 10.2. The number of fused-ring (bicyclic) bond motifs is 1. The summed E-state index contributed by atoms with van der Waals surface area (Å²) in [5, 5.41) is 8.12. The van der Waals surface area contributed by atoms with Gasteiger partial charge in [0.15, 0.2) is 5.82 Å². The molecule has 6 nitrogen and oxygen atoms in total. The van der Waals surface area contributed by atoms with E-state index in [2.05, 4.69) is 32.2 Å². The van der Waals surface area contributed by atoms with Gasteiger partial charge in [0.1, 0.15) is 6.33 Å². The Morgan fingerprint density at radius 3 is 2.86 bits per heavy atom. The summed E-state index contributed by atoms with van der Waals surface area (Å²) in [6, 6.07) is 10.3. The van der Waals surface area contributed by atoms with E-state index in [4.69, 9.17) is 5.73 Å². The summed E-state index contributed by atoms with van der Waals surface area (Å²) in [4.78, 5) is 6.69. The number of hydrogen-bond donors (Lipinski definition) is 1. The first-order valence-electron chi connectivity index (χ1n) is 7.02. The Morgan fingerprint density at radius 1 is 1.19 bits per heavy atom. The molecule has 1 aromatic carbocycles. The molecule has 0 radical (unpaired) electrons. The van der Waals surface area contributed by atoms with E-state index in [1.54, 1.807) is 12.5 Å². The molecule has 0 atom stereocenters. The maximum Gasteiger partial charge on any atom is 0.203 e. The topological polar surface area (TPSA) is 72.3 Å². The van der Waals surface area contributed by atoms with E-state index >= 15 is 0 Å². The Kier molecular flexibility index (Phi) is 4.07. The first-order chi connectivity index (χ1) is 10.4. The average Bonchev–Trinajstić information content (AvgIpc) is 3.01. The van der Waals surface area contributed by atoms with Gasteiger partial charge in [-0.25, -0.2) is 4.98 Å². The van der Waals surface area contributed by atoms with Crippen molar-refractivity contribution in [2.24, 2.45) is 5.73 Å². The molecule has 2 heterocycles. The van der Waals surface area contributed by atoms with Crippen LogP contribution in [0.5, 0.6) is 0 Å². The highest BCUT2D eigenvalue weighted by molar-refractivity contribution is 5.63. The van der Waals surface area contributed by atoms with E-state index < -0.39 is 0 Å². The van der Waals surface area contributed by atoms with Crippen molar-refractivity contribution in [2.75, 3.05) is 18.0 Å². The van der Waals surface area contributed by atoms with E-state index in [1.807, 2.05) is 28.8 Å². The van der Waals surface area contributed by atoms with E-state index in [9.17, 15) is 0 Å². The molecule has 0 fully saturated rings. The minimum Gasteiger partial charge on any atom is -0.349 e. The van der Waals surface area contributed by atoms with Crippen molar-refractivity contribution in [3.05, 3.63) is 54.6 Å². The van der Waals surface area contributed by atoms with E-state index in [-0.39, 0.29) is 0 Å². The lowest BCUT2D eigenvalue weighted by Crippen LogP contribution is -2.27. The van der Waals surface area contributed by atoms with Gasteiger partial charge in [-0.1, -0.05) is 30.3 Å². The zero-order valence-corrected chi connectivity index (χ0v) is 11.8. The number of nitrogens with two attached hydrogens (primary N) is 1. The van der Waals surface area contributed by atoms with Crippen LogP contribution in [0.4, 0.5) is 5.82 Å². The predicted molar refractivity (Wildman–Crippen MR) is 81.9 cm³/mol. The second-order valence-corrected chi connectivity index (χ2v) is 4.86. The van der Waals surface area contributed by atoms with Gasteiger partial charge in [-0.3, -0.25) is 4.40 Å². The van der Waals surface area contributed by atoms with Gasteiger partial charge in [0, 0.05) is 25.5 Å². The van der Waals surface area contributed by atoms with Crippen molar-refractivity contribution < 1.29 is 0 Å². The Morgan fingerprint density at radius 2 is 2.05 bits per heavy atom. The molecule has 0 unspecified atom stereocenters. The van der Waals surface area contributed by atoms with Crippen LogP contribution in [-0.2, 0) is 6.54 Å². The number of nitrogens with zero attached hydrogens (tertiary/aromatic N) is 5. The summed E-state index contributed by atoms with van der Waals surface area (Å²) in [6.07, 6.45) is 6.21. The molecule has 2 aromatic heterocycles. The number of rotatable bonds is 6. The third-order valence-electron chi connectivity index (χ3n) is 3.35. The molecule has 21 heavy (non-hydrogen) atoms. The van der Waals surface area contributed by atoms with Gasteiger partial charge >= 0.3 is 0 Å². The molecule has 2 N–H and O–H groups in total. The van der Waals surface area contributed by atoms with Gasteiger partial charge in [0.2, 0.25) is 5.65 Å². The summed E-state index contributed by atoms with van der Waals surface area (Å²) in [5.41, 5.74) is 7.66. The van der Waals surface area contributed by atoms with Crippen LogP contribution in [0.3, 0.4) is 0 Å². The zero-order chi connectivity index (χ0) is 14.5. The van der Waals surface area contributed by atoms with Crippen LogP contribution < -0.4 is 10.6 Å². The Bertz CT molecular complexity index is 693. The molecular formula is C15H18N6. The third-order valence-corrected chi connectivity index (χ3v) is 3.35. The SMILES string of the molecule is NCCCN(Cc1ccccc1)c1nccn2cnnc12. The molecule has 6 heteroatoms. The smallest absolute Gasteiger partial charge is 0.203 e. The van der Waals surface area contributed by atoms with Crippen molar-refractivity contribution in [2.45, 2.75) is 13.0 Å². The maximum absolute atomic E-state index is 5.66. The molecular weight excluding hydrogens is 264 g/mol. The molecule has 0 saturated heterocycles. The van der Waals surface area contributed by atoms with Crippen molar-refractivity contribution in [3.63, 3.8) is 0 Å². The molecule has 0 amide bonds. The number of hydrogen-bond acceptors (Lipinski definition) is 5. The Labute approximate surface area is 123 Å². The highest BCUT2D eigenvalue weighted by atomic mass is 15.3. The third kappa shape index (κ3) is 3.00. The molecule has 3 rings (SSSR count). The summed E-state index contributed by atoms with van der Waals surface area (Å²) in [7, 11) is 0. The molecule has 0 aliphatic rings. The fourth-order valence-electron chi connectivity index (χ4n) is 2.31. The molecule has 108 valence electrons. The zero-order valence-electron chi connectivity index (χ0n) is 11.8. The van der Waals surface area contributed by atoms with Crippen molar-refractivity contribution in [1.82, 2.24) is 19.6 Å². The number of anilines is 1. The van der Waals surface area contributed by atoms with Crippen LogP contribution in [-0.4, -0.2) is 32.7 Å². The molecule has 0 aliphatic carbocycles. The maximum atomic E-state index is 5.66. The van der Waals surface area contributed by atoms with Crippen molar-refractivity contribution in [1.29, 1.82) is 0 Å². The highest BCUT2D eigenvalue weighted by Crippen LogP contribution is 2.19. The first-order valence-corrected chi connectivity index (χ1v) is 7.02. The molecule has 0 spiro atoms. The monoisotopic (exact) mass is 282 g/mol. The van der Waals surface area contributed by atoms with Crippen molar-refractivity contribution in [3.8, 4) is 0 Å². The number of benzene rings is 1. The molecule has 0 aliphatic heterocycles. The second kappa shape index (κ2) is 6.32. The van der Waals surface area contributed by atoms with Crippen LogP contribution >= 0.6 is 0 Å². The van der Waals surface area contributed by atoms with E-state index in [1.165, 1.54) is 5.56 Å². The largest absolute Gasteiger partial charge is 0.349 e. The minimum absolute atomic E-state index is 0.654. The van der Waals surface area contributed by atoms with Crippen LogP contribution in [0.15, 0.2) is 49.1 Å². The van der Waals surface area contributed by atoms with Gasteiger partial charge in [-0.05, 0) is 18.5 Å². The highest BCUT2D eigenvalue weighted by Gasteiger charge is 2.13. The summed E-state index contributed by atoms with van der Waals surface area (Å²) >= 11 is 0. The quantitative estimate of drug-likeness (QED) is 0.741. The van der Waals surface area contributed by atoms with E-state index in [0.717, 1.165) is 31.0 Å². The first kappa shape index (κ1) is 13.5. The fraction of sp³-hybridized carbons (Fsp3) is 0.267. The Hall–Kier alpha value is -2.47. The molecule has 3 aromatic rings. The lowest BCUT2D eigenvalue weighted by Gasteiger charge is -2.23. The van der Waals surface area contributed by atoms with Crippen molar-refractivity contribution >= 4 is 11.5 Å². The van der Waals surface area contributed by atoms with Gasteiger partial charge in [-0.2, -0.15) is 0 Å². The summed E-state index contributed by atoms with van der Waals surface area (Å²) < 4.78 is 1.88. The van der Waals surface area contributed by atoms with Gasteiger partial charge < -0.3 is 10.6 Å². The summed E-state index contributed by atoms with van der Waals surface area (Å²) in [6.45, 7) is 2.27. The predicted octanol–water partition coefficient (Wildman–Crippen LogP) is 1.48.